The van der Waals surface area contributed by atoms with Crippen molar-refractivity contribution in [3.8, 4) is 0 Å². The summed E-state index contributed by atoms with van der Waals surface area (Å²) in [6.07, 6.45) is -0.236. The van der Waals surface area contributed by atoms with E-state index >= 15 is 0 Å². The van der Waals surface area contributed by atoms with E-state index < -0.39 is 5.79 Å². The molecular formula is C16H14O3. The van der Waals surface area contributed by atoms with Gasteiger partial charge in [0.2, 0.25) is 0 Å². The summed E-state index contributed by atoms with van der Waals surface area (Å²) in [6, 6.07) is 19.3. The highest BCUT2D eigenvalue weighted by Crippen LogP contribution is 2.57. The summed E-state index contributed by atoms with van der Waals surface area (Å²) in [5.74, 6) is -1.31. The maximum absolute atomic E-state index is 11.3. The molecule has 0 N–H and O–H groups in total. The number of epoxide rings is 1. The first-order chi connectivity index (χ1) is 9.22. The van der Waals surface area contributed by atoms with Gasteiger partial charge in [0.05, 0.1) is 0 Å². The molecule has 96 valence electrons. The van der Waals surface area contributed by atoms with Crippen LogP contribution in [0.25, 0.3) is 0 Å². The molecule has 0 unspecified atom stereocenters. The quantitative estimate of drug-likeness (QED) is 0.623. The molecule has 1 heterocycles. The van der Waals surface area contributed by atoms with Crippen LogP contribution in [0.15, 0.2) is 60.7 Å². The molecule has 2 aromatic rings. The van der Waals surface area contributed by atoms with Gasteiger partial charge in [-0.25, -0.2) is 0 Å². The molecule has 0 aromatic heterocycles. The molecule has 1 aliphatic rings. The molecule has 0 bridgehead atoms. The molecule has 2 aromatic carbocycles. The third-order valence-corrected chi connectivity index (χ3v) is 3.15. The van der Waals surface area contributed by atoms with Gasteiger partial charge in [0.1, 0.15) is 0 Å². The zero-order chi connectivity index (χ0) is 13.3. The standard InChI is InChI=1S/C16H14O3/c1-12(17)18-16(14-10-6-3-7-11-14)15(19-16)13-8-4-2-5-9-13/h2-11,15H,1H3/t15-,16-/m1/s1. The summed E-state index contributed by atoms with van der Waals surface area (Å²) in [6.45, 7) is 1.40. The Morgan fingerprint density at radius 3 is 2.21 bits per heavy atom. The third kappa shape index (κ3) is 2.13. The van der Waals surface area contributed by atoms with Gasteiger partial charge in [-0.1, -0.05) is 60.7 Å². The zero-order valence-corrected chi connectivity index (χ0v) is 10.6. The average Bonchev–Trinajstić information content (AvgIpc) is 3.15. The van der Waals surface area contributed by atoms with Crippen LogP contribution in [-0.2, 0) is 20.1 Å². The molecule has 0 radical (unpaired) electrons. The van der Waals surface area contributed by atoms with E-state index in [1.54, 1.807) is 0 Å². The SMILES string of the molecule is CC(=O)O[C@]1(c2ccccc2)O[C@@H]1c1ccccc1. The fourth-order valence-electron chi connectivity index (χ4n) is 2.30. The van der Waals surface area contributed by atoms with Gasteiger partial charge in [0.15, 0.2) is 6.10 Å². The van der Waals surface area contributed by atoms with E-state index in [4.69, 9.17) is 9.47 Å². The maximum atomic E-state index is 11.3. The van der Waals surface area contributed by atoms with Gasteiger partial charge in [-0.05, 0) is 5.56 Å². The zero-order valence-electron chi connectivity index (χ0n) is 10.6. The average molecular weight is 254 g/mol. The molecule has 3 rings (SSSR count). The molecule has 0 spiro atoms. The number of benzene rings is 2. The predicted octanol–water partition coefficient (Wildman–Crippen LogP) is 3.17. The Balaban J connectivity index is 1.96. The van der Waals surface area contributed by atoms with Crippen molar-refractivity contribution < 1.29 is 14.3 Å². The number of hydrogen-bond donors (Lipinski definition) is 0. The van der Waals surface area contributed by atoms with E-state index in [1.165, 1.54) is 6.92 Å². The summed E-state index contributed by atoms with van der Waals surface area (Å²) in [5, 5.41) is 0. The Morgan fingerprint density at radius 1 is 1.05 bits per heavy atom. The number of rotatable bonds is 3. The minimum atomic E-state index is -0.964. The van der Waals surface area contributed by atoms with Crippen molar-refractivity contribution in [3.63, 3.8) is 0 Å². The number of carbonyl (C=O) groups excluding carboxylic acids is 1. The van der Waals surface area contributed by atoms with Crippen LogP contribution < -0.4 is 0 Å². The summed E-state index contributed by atoms with van der Waals surface area (Å²) in [7, 11) is 0. The van der Waals surface area contributed by atoms with E-state index in [9.17, 15) is 4.79 Å². The fourth-order valence-corrected chi connectivity index (χ4v) is 2.30. The van der Waals surface area contributed by atoms with Gasteiger partial charge in [-0.2, -0.15) is 0 Å². The Bertz CT molecular complexity index is 579. The van der Waals surface area contributed by atoms with Crippen molar-refractivity contribution >= 4 is 5.97 Å². The first-order valence-electron chi connectivity index (χ1n) is 6.20. The second kappa shape index (κ2) is 4.52. The van der Waals surface area contributed by atoms with Crippen molar-refractivity contribution in [2.45, 2.75) is 18.8 Å². The van der Waals surface area contributed by atoms with Crippen molar-refractivity contribution in [1.29, 1.82) is 0 Å². The van der Waals surface area contributed by atoms with E-state index in [0.717, 1.165) is 11.1 Å². The van der Waals surface area contributed by atoms with Crippen LogP contribution in [-0.4, -0.2) is 5.97 Å². The Hall–Kier alpha value is -2.13. The van der Waals surface area contributed by atoms with Crippen LogP contribution in [0.5, 0.6) is 0 Å². The topological polar surface area (TPSA) is 38.8 Å². The molecular weight excluding hydrogens is 240 g/mol. The lowest BCUT2D eigenvalue weighted by Gasteiger charge is -2.13. The van der Waals surface area contributed by atoms with Gasteiger partial charge < -0.3 is 9.47 Å². The van der Waals surface area contributed by atoms with E-state index in [-0.39, 0.29) is 12.1 Å². The minimum Gasteiger partial charge on any atom is -0.425 e. The first kappa shape index (κ1) is 11.9. The van der Waals surface area contributed by atoms with Crippen molar-refractivity contribution in [2.24, 2.45) is 0 Å². The summed E-state index contributed by atoms with van der Waals surface area (Å²) >= 11 is 0. The molecule has 0 aliphatic carbocycles. The smallest absolute Gasteiger partial charge is 0.305 e. The number of carbonyl (C=O) groups is 1. The van der Waals surface area contributed by atoms with E-state index in [1.807, 2.05) is 60.7 Å². The van der Waals surface area contributed by atoms with Crippen molar-refractivity contribution in [3.05, 3.63) is 71.8 Å². The Labute approximate surface area is 111 Å². The minimum absolute atomic E-state index is 0.236. The van der Waals surface area contributed by atoms with Gasteiger partial charge in [-0.3, -0.25) is 4.79 Å². The van der Waals surface area contributed by atoms with Crippen LogP contribution >= 0.6 is 0 Å². The Morgan fingerprint density at radius 2 is 1.63 bits per heavy atom. The lowest BCUT2D eigenvalue weighted by molar-refractivity contribution is -0.157. The van der Waals surface area contributed by atoms with Crippen LogP contribution in [0.4, 0.5) is 0 Å². The lowest BCUT2D eigenvalue weighted by Crippen LogP contribution is -2.18. The summed E-state index contributed by atoms with van der Waals surface area (Å²) in [4.78, 5) is 11.3. The molecule has 3 heteroatoms. The fraction of sp³-hybridized carbons (Fsp3) is 0.188. The van der Waals surface area contributed by atoms with Crippen molar-refractivity contribution in [2.75, 3.05) is 0 Å². The summed E-state index contributed by atoms with van der Waals surface area (Å²) in [5.41, 5.74) is 1.87. The first-order valence-corrected chi connectivity index (χ1v) is 6.20. The molecule has 1 saturated heterocycles. The van der Waals surface area contributed by atoms with Gasteiger partial charge in [0.25, 0.3) is 5.79 Å². The van der Waals surface area contributed by atoms with Crippen LogP contribution in [0.3, 0.4) is 0 Å². The number of ether oxygens (including phenoxy) is 2. The number of esters is 1. The lowest BCUT2D eigenvalue weighted by atomic mass is 10.0. The van der Waals surface area contributed by atoms with E-state index in [2.05, 4.69) is 0 Å². The summed E-state index contributed by atoms with van der Waals surface area (Å²) < 4.78 is 11.2. The molecule has 1 aliphatic heterocycles. The highest BCUT2D eigenvalue weighted by Gasteiger charge is 2.62. The van der Waals surface area contributed by atoms with Crippen LogP contribution in [0, 0.1) is 0 Å². The van der Waals surface area contributed by atoms with Gasteiger partial charge in [-0.15, -0.1) is 0 Å². The second-order valence-electron chi connectivity index (χ2n) is 4.54. The second-order valence-corrected chi connectivity index (χ2v) is 4.54. The van der Waals surface area contributed by atoms with E-state index in [0.29, 0.717) is 0 Å². The highest BCUT2D eigenvalue weighted by molar-refractivity contribution is 5.67. The Kier molecular flexibility index (Phi) is 2.84. The highest BCUT2D eigenvalue weighted by atomic mass is 16.8. The molecule has 1 fully saturated rings. The van der Waals surface area contributed by atoms with Crippen LogP contribution in [0.2, 0.25) is 0 Å². The third-order valence-electron chi connectivity index (χ3n) is 3.15. The monoisotopic (exact) mass is 254 g/mol. The van der Waals surface area contributed by atoms with Crippen LogP contribution in [0.1, 0.15) is 24.2 Å². The van der Waals surface area contributed by atoms with Gasteiger partial charge >= 0.3 is 5.97 Å². The largest absolute Gasteiger partial charge is 0.425 e. The molecule has 3 nitrogen and oxygen atoms in total. The molecule has 0 saturated carbocycles. The van der Waals surface area contributed by atoms with Crippen molar-refractivity contribution in [1.82, 2.24) is 0 Å². The molecule has 0 amide bonds. The normalized spacial score (nSPS) is 24.8. The molecule has 2 atom stereocenters. The molecule has 19 heavy (non-hydrogen) atoms. The number of hydrogen-bond acceptors (Lipinski definition) is 3. The van der Waals surface area contributed by atoms with Gasteiger partial charge in [0, 0.05) is 12.5 Å². The predicted molar refractivity (Wildman–Crippen MR) is 70.2 cm³/mol. The maximum Gasteiger partial charge on any atom is 0.305 e.